The molecule has 18 heavy (non-hydrogen) atoms. The Balaban J connectivity index is 2.74. The average Bonchev–Trinajstić information content (AvgIpc) is 2.38. The van der Waals surface area contributed by atoms with Crippen LogP contribution in [0.15, 0.2) is 24.3 Å². The first-order valence-electron chi connectivity index (χ1n) is 6.03. The van der Waals surface area contributed by atoms with Gasteiger partial charge in [0.1, 0.15) is 11.7 Å². The van der Waals surface area contributed by atoms with Crippen molar-refractivity contribution in [2.75, 3.05) is 13.2 Å². The van der Waals surface area contributed by atoms with Crippen LogP contribution in [0.4, 0.5) is 0 Å². The summed E-state index contributed by atoms with van der Waals surface area (Å²) in [5, 5.41) is 0. The Morgan fingerprint density at radius 3 is 2.22 bits per heavy atom. The highest BCUT2D eigenvalue weighted by Gasteiger charge is 2.23. The number of ether oxygens (including phenoxy) is 2. The second-order valence-electron chi connectivity index (χ2n) is 3.80. The Morgan fingerprint density at radius 1 is 1.11 bits per heavy atom. The van der Waals surface area contributed by atoms with Crippen molar-refractivity contribution < 1.29 is 19.1 Å². The Kier molecular flexibility index (Phi) is 5.36. The topological polar surface area (TPSA) is 52.6 Å². The molecule has 0 aliphatic carbocycles. The number of Topliss-reactive ketones (excluding diaryl/α,β-unsaturated/α-hetero) is 1. The van der Waals surface area contributed by atoms with E-state index in [1.807, 2.05) is 6.92 Å². The van der Waals surface area contributed by atoms with Gasteiger partial charge < -0.3 is 9.47 Å². The summed E-state index contributed by atoms with van der Waals surface area (Å²) in [5.74, 6) is -0.798. The monoisotopic (exact) mass is 250 g/mol. The highest BCUT2D eigenvalue weighted by molar-refractivity contribution is 6.08. The Labute approximate surface area is 107 Å². The van der Waals surface area contributed by atoms with Crippen LogP contribution in [0, 0.1) is 5.92 Å². The number of rotatable bonds is 6. The fraction of sp³-hybridized carbons (Fsp3) is 0.429. The number of ketones is 1. The zero-order chi connectivity index (χ0) is 13.5. The summed E-state index contributed by atoms with van der Waals surface area (Å²) in [5.41, 5.74) is 0.485. The predicted molar refractivity (Wildman–Crippen MR) is 67.7 cm³/mol. The van der Waals surface area contributed by atoms with E-state index in [2.05, 4.69) is 0 Å². The number of carbonyl (C=O) groups excluding carboxylic acids is 2. The number of carbonyl (C=O) groups is 2. The van der Waals surface area contributed by atoms with Gasteiger partial charge in [-0.1, -0.05) is 0 Å². The average molecular weight is 250 g/mol. The van der Waals surface area contributed by atoms with Gasteiger partial charge in [-0.2, -0.15) is 0 Å². The van der Waals surface area contributed by atoms with Crippen LogP contribution in [0.2, 0.25) is 0 Å². The van der Waals surface area contributed by atoms with Gasteiger partial charge in [-0.3, -0.25) is 9.59 Å². The predicted octanol–water partition coefficient (Wildman–Crippen LogP) is 2.47. The van der Waals surface area contributed by atoms with Gasteiger partial charge in [0, 0.05) is 5.56 Å². The van der Waals surface area contributed by atoms with Crippen molar-refractivity contribution in [1.29, 1.82) is 0 Å². The van der Waals surface area contributed by atoms with E-state index in [0.717, 1.165) is 0 Å². The molecule has 0 spiro atoms. The zero-order valence-corrected chi connectivity index (χ0v) is 10.9. The van der Waals surface area contributed by atoms with E-state index in [-0.39, 0.29) is 12.4 Å². The smallest absolute Gasteiger partial charge is 0.316 e. The molecule has 1 rings (SSSR count). The third kappa shape index (κ3) is 3.58. The van der Waals surface area contributed by atoms with Crippen LogP contribution in [0.5, 0.6) is 5.75 Å². The van der Waals surface area contributed by atoms with Crippen molar-refractivity contribution in [2.24, 2.45) is 5.92 Å². The molecule has 0 aliphatic heterocycles. The number of hydrogen-bond donors (Lipinski definition) is 0. The lowest BCUT2D eigenvalue weighted by molar-refractivity contribution is -0.145. The molecule has 4 heteroatoms. The van der Waals surface area contributed by atoms with Crippen LogP contribution < -0.4 is 4.74 Å². The minimum atomic E-state index is -0.775. The first-order chi connectivity index (χ1) is 8.60. The summed E-state index contributed by atoms with van der Waals surface area (Å²) in [6.45, 7) is 6.01. The van der Waals surface area contributed by atoms with E-state index >= 15 is 0 Å². The summed E-state index contributed by atoms with van der Waals surface area (Å²) in [4.78, 5) is 23.4. The van der Waals surface area contributed by atoms with Crippen LogP contribution in [0.3, 0.4) is 0 Å². The quantitative estimate of drug-likeness (QED) is 0.442. The number of hydrogen-bond acceptors (Lipinski definition) is 4. The first kappa shape index (κ1) is 14.2. The Bertz CT molecular complexity index is 408. The maximum atomic E-state index is 12.0. The molecule has 0 radical (unpaired) electrons. The molecule has 0 N–H and O–H groups in total. The van der Waals surface area contributed by atoms with E-state index in [0.29, 0.717) is 17.9 Å². The summed E-state index contributed by atoms with van der Waals surface area (Å²) in [6, 6.07) is 6.75. The van der Waals surface area contributed by atoms with E-state index < -0.39 is 11.9 Å². The maximum Gasteiger partial charge on any atom is 0.316 e. The van der Waals surface area contributed by atoms with Gasteiger partial charge in [-0.15, -0.1) is 0 Å². The third-order valence-electron chi connectivity index (χ3n) is 2.48. The lowest BCUT2D eigenvalue weighted by atomic mass is 9.99. The largest absolute Gasteiger partial charge is 0.494 e. The highest BCUT2D eigenvalue weighted by Crippen LogP contribution is 2.16. The van der Waals surface area contributed by atoms with Gasteiger partial charge in [-0.25, -0.2) is 0 Å². The summed E-state index contributed by atoms with van der Waals surface area (Å²) in [7, 11) is 0. The van der Waals surface area contributed by atoms with Crippen LogP contribution in [0.25, 0.3) is 0 Å². The zero-order valence-electron chi connectivity index (χ0n) is 10.9. The summed E-state index contributed by atoms with van der Waals surface area (Å²) < 4.78 is 10.1. The van der Waals surface area contributed by atoms with E-state index in [1.165, 1.54) is 0 Å². The molecule has 0 bridgehead atoms. The molecule has 0 unspecified atom stereocenters. The third-order valence-corrected chi connectivity index (χ3v) is 2.48. The van der Waals surface area contributed by atoms with Gasteiger partial charge in [0.15, 0.2) is 5.78 Å². The molecule has 0 saturated heterocycles. The molecule has 0 amide bonds. The second-order valence-corrected chi connectivity index (χ2v) is 3.80. The molecular weight excluding hydrogens is 232 g/mol. The van der Waals surface area contributed by atoms with E-state index in [1.54, 1.807) is 38.1 Å². The first-order valence-corrected chi connectivity index (χ1v) is 6.03. The lowest BCUT2D eigenvalue weighted by Crippen LogP contribution is -2.23. The molecule has 0 fully saturated rings. The molecule has 98 valence electrons. The van der Waals surface area contributed by atoms with Gasteiger partial charge in [0.25, 0.3) is 0 Å². The highest BCUT2D eigenvalue weighted by atomic mass is 16.5. The van der Waals surface area contributed by atoms with Gasteiger partial charge in [-0.05, 0) is 45.0 Å². The van der Waals surface area contributed by atoms with Crippen molar-refractivity contribution in [2.45, 2.75) is 20.8 Å². The molecule has 0 saturated carbocycles. The number of benzene rings is 1. The Morgan fingerprint density at radius 2 is 1.72 bits per heavy atom. The lowest BCUT2D eigenvalue weighted by Gasteiger charge is -2.10. The summed E-state index contributed by atoms with van der Waals surface area (Å²) >= 11 is 0. The van der Waals surface area contributed by atoms with Gasteiger partial charge in [0.05, 0.1) is 13.2 Å². The molecule has 4 nitrogen and oxygen atoms in total. The minimum Gasteiger partial charge on any atom is -0.494 e. The van der Waals surface area contributed by atoms with E-state index in [9.17, 15) is 9.59 Å². The molecule has 0 aliphatic rings. The second kappa shape index (κ2) is 6.79. The Hall–Kier alpha value is -1.84. The molecular formula is C14H18O4. The van der Waals surface area contributed by atoms with Crippen molar-refractivity contribution in [3.05, 3.63) is 29.8 Å². The molecule has 1 aromatic rings. The van der Waals surface area contributed by atoms with Crippen molar-refractivity contribution in [3.63, 3.8) is 0 Å². The summed E-state index contributed by atoms with van der Waals surface area (Å²) in [6.07, 6.45) is 0. The molecule has 0 heterocycles. The van der Waals surface area contributed by atoms with Crippen LogP contribution in [-0.4, -0.2) is 25.0 Å². The van der Waals surface area contributed by atoms with Crippen molar-refractivity contribution in [1.82, 2.24) is 0 Å². The van der Waals surface area contributed by atoms with Crippen LogP contribution >= 0.6 is 0 Å². The standard InChI is InChI=1S/C14H18O4/c1-4-17-12-8-6-11(7-9-12)13(15)10(3)14(16)18-5-2/h6-10H,4-5H2,1-3H3/t10-/m0/s1. The molecule has 0 aromatic heterocycles. The fourth-order valence-corrected chi connectivity index (χ4v) is 1.51. The van der Waals surface area contributed by atoms with Crippen LogP contribution in [-0.2, 0) is 9.53 Å². The SMILES string of the molecule is CCOC(=O)[C@@H](C)C(=O)c1ccc(OCC)cc1. The van der Waals surface area contributed by atoms with Crippen molar-refractivity contribution >= 4 is 11.8 Å². The molecule has 1 atom stereocenters. The van der Waals surface area contributed by atoms with Gasteiger partial charge in [0.2, 0.25) is 0 Å². The number of esters is 1. The molecule has 1 aromatic carbocycles. The fourth-order valence-electron chi connectivity index (χ4n) is 1.51. The maximum absolute atomic E-state index is 12.0. The van der Waals surface area contributed by atoms with Crippen LogP contribution in [0.1, 0.15) is 31.1 Å². The normalized spacial score (nSPS) is 11.7. The van der Waals surface area contributed by atoms with Crippen molar-refractivity contribution in [3.8, 4) is 5.75 Å². The van der Waals surface area contributed by atoms with Gasteiger partial charge >= 0.3 is 5.97 Å². The minimum absolute atomic E-state index is 0.239. The van der Waals surface area contributed by atoms with E-state index in [4.69, 9.17) is 9.47 Å².